The zero-order chi connectivity index (χ0) is 12.2. The van der Waals surface area contributed by atoms with E-state index in [1.165, 1.54) is 19.5 Å². The summed E-state index contributed by atoms with van der Waals surface area (Å²) in [6, 6.07) is 0. The molecule has 0 aliphatic carbocycles. The summed E-state index contributed by atoms with van der Waals surface area (Å²) >= 11 is 0. The molecule has 1 aromatic heterocycles. The molecule has 0 aromatic carbocycles. The van der Waals surface area contributed by atoms with Gasteiger partial charge in [0.2, 0.25) is 5.88 Å². The van der Waals surface area contributed by atoms with Crippen LogP contribution in [0.25, 0.3) is 0 Å². The number of methoxy groups -OCH3 is 1. The van der Waals surface area contributed by atoms with Crippen molar-refractivity contribution in [2.45, 2.75) is 32.8 Å². The number of rotatable bonds is 4. The number of aromatic nitrogens is 2. The fraction of sp³-hybridized carbons (Fsp3) is 0.545. The van der Waals surface area contributed by atoms with Crippen molar-refractivity contribution in [1.29, 1.82) is 0 Å². The van der Waals surface area contributed by atoms with E-state index >= 15 is 0 Å². The fourth-order valence-electron chi connectivity index (χ4n) is 0.934. The van der Waals surface area contributed by atoms with Gasteiger partial charge in [-0.05, 0) is 20.3 Å². The molecule has 0 spiro atoms. The van der Waals surface area contributed by atoms with E-state index in [9.17, 15) is 4.79 Å². The van der Waals surface area contributed by atoms with E-state index in [4.69, 9.17) is 4.74 Å². The molecule has 16 heavy (non-hydrogen) atoms. The van der Waals surface area contributed by atoms with Crippen LogP contribution in [0.4, 0.5) is 0 Å². The van der Waals surface area contributed by atoms with Crippen LogP contribution in [-0.2, 0) is 4.74 Å². The lowest BCUT2D eigenvalue weighted by Crippen LogP contribution is -2.27. The Kier molecular flexibility index (Phi) is 3.82. The summed E-state index contributed by atoms with van der Waals surface area (Å²) in [5.41, 5.74) is -0.120. The number of esters is 1. The second-order valence-corrected chi connectivity index (χ2v) is 3.95. The molecular weight excluding hydrogens is 208 g/mol. The van der Waals surface area contributed by atoms with E-state index < -0.39 is 5.97 Å². The van der Waals surface area contributed by atoms with E-state index in [-0.39, 0.29) is 11.3 Å². The van der Waals surface area contributed by atoms with E-state index in [0.29, 0.717) is 5.88 Å². The molecule has 0 aliphatic heterocycles. The van der Waals surface area contributed by atoms with Crippen LogP contribution in [0.2, 0.25) is 0 Å². The molecule has 0 saturated carbocycles. The Balaban J connectivity index is 2.76. The average Bonchev–Trinajstić information content (AvgIpc) is 2.28. The highest BCUT2D eigenvalue weighted by atomic mass is 16.5. The Labute approximate surface area is 94.8 Å². The van der Waals surface area contributed by atoms with Crippen molar-refractivity contribution >= 4 is 5.97 Å². The van der Waals surface area contributed by atoms with Gasteiger partial charge >= 0.3 is 5.97 Å². The van der Waals surface area contributed by atoms with Gasteiger partial charge in [-0.25, -0.2) is 14.8 Å². The normalized spacial score (nSPS) is 11.0. The highest BCUT2D eigenvalue weighted by molar-refractivity contribution is 5.86. The van der Waals surface area contributed by atoms with Crippen molar-refractivity contribution in [3.05, 3.63) is 18.1 Å². The topological polar surface area (TPSA) is 61.3 Å². The van der Waals surface area contributed by atoms with Gasteiger partial charge in [0, 0.05) is 0 Å². The lowest BCUT2D eigenvalue weighted by molar-refractivity contribution is 0.0592. The molecule has 0 bridgehead atoms. The molecule has 0 unspecified atom stereocenters. The molecule has 0 saturated heterocycles. The number of ether oxygens (including phenoxy) is 2. The molecule has 1 rings (SSSR count). The summed E-state index contributed by atoms with van der Waals surface area (Å²) in [6.45, 7) is 5.95. The molecule has 0 aliphatic rings. The van der Waals surface area contributed by atoms with E-state index in [0.717, 1.165) is 6.42 Å². The summed E-state index contributed by atoms with van der Waals surface area (Å²) in [4.78, 5) is 19.0. The van der Waals surface area contributed by atoms with E-state index in [1.54, 1.807) is 0 Å². The highest BCUT2D eigenvalue weighted by Crippen LogP contribution is 2.17. The number of carbonyl (C=O) groups is 1. The number of nitrogens with zero attached hydrogens (tertiary/aromatic N) is 2. The van der Waals surface area contributed by atoms with Gasteiger partial charge in [-0.3, -0.25) is 0 Å². The zero-order valence-corrected chi connectivity index (χ0v) is 9.98. The van der Waals surface area contributed by atoms with Gasteiger partial charge in [0.15, 0.2) is 5.69 Å². The predicted octanol–water partition coefficient (Wildman–Crippen LogP) is 1.83. The van der Waals surface area contributed by atoms with E-state index in [2.05, 4.69) is 14.7 Å². The third kappa shape index (κ3) is 3.18. The lowest BCUT2D eigenvalue weighted by Gasteiger charge is -2.23. The summed E-state index contributed by atoms with van der Waals surface area (Å²) in [5.74, 6) is -0.103. The van der Waals surface area contributed by atoms with Crippen molar-refractivity contribution in [2.24, 2.45) is 0 Å². The molecule has 5 nitrogen and oxygen atoms in total. The second kappa shape index (κ2) is 4.92. The lowest BCUT2D eigenvalue weighted by atomic mass is 10.1. The molecular formula is C11H16N2O3. The predicted molar refractivity (Wildman–Crippen MR) is 58.4 cm³/mol. The van der Waals surface area contributed by atoms with Crippen molar-refractivity contribution in [3.8, 4) is 5.88 Å². The van der Waals surface area contributed by atoms with Gasteiger partial charge in [-0.1, -0.05) is 6.92 Å². The molecule has 1 heterocycles. The van der Waals surface area contributed by atoms with Crippen LogP contribution in [0.5, 0.6) is 5.88 Å². The molecule has 5 heteroatoms. The Morgan fingerprint density at radius 3 is 2.50 bits per heavy atom. The molecule has 0 atom stereocenters. The SMILES string of the molecule is CCC(C)(C)Oc1cnc(C(=O)OC)cn1. The summed E-state index contributed by atoms with van der Waals surface area (Å²) in [7, 11) is 1.30. The monoisotopic (exact) mass is 224 g/mol. The quantitative estimate of drug-likeness (QED) is 0.730. The van der Waals surface area contributed by atoms with Crippen molar-refractivity contribution in [3.63, 3.8) is 0 Å². The maximum atomic E-state index is 11.1. The number of hydrogen-bond acceptors (Lipinski definition) is 5. The standard InChI is InChI=1S/C11H16N2O3/c1-5-11(2,3)16-9-7-12-8(6-13-9)10(14)15-4/h6-7H,5H2,1-4H3. The summed E-state index contributed by atoms with van der Waals surface area (Å²) in [5, 5.41) is 0. The Morgan fingerprint density at radius 2 is 2.06 bits per heavy atom. The maximum Gasteiger partial charge on any atom is 0.358 e. The van der Waals surface area contributed by atoms with Gasteiger partial charge in [-0.15, -0.1) is 0 Å². The molecule has 88 valence electrons. The highest BCUT2D eigenvalue weighted by Gasteiger charge is 2.18. The van der Waals surface area contributed by atoms with Crippen LogP contribution in [0.3, 0.4) is 0 Å². The van der Waals surface area contributed by atoms with E-state index in [1.807, 2.05) is 20.8 Å². The average molecular weight is 224 g/mol. The van der Waals surface area contributed by atoms with Crippen molar-refractivity contribution in [1.82, 2.24) is 9.97 Å². The van der Waals surface area contributed by atoms with Gasteiger partial charge < -0.3 is 9.47 Å². The molecule has 0 N–H and O–H groups in total. The minimum atomic E-state index is -0.506. The minimum Gasteiger partial charge on any atom is -0.471 e. The first kappa shape index (κ1) is 12.4. The van der Waals surface area contributed by atoms with Crippen molar-refractivity contribution < 1.29 is 14.3 Å². The smallest absolute Gasteiger partial charge is 0.358 e. The van der Waals surface area contributed by atoms with Gasteiger partial charge in [0.05, 0.1) is 19.5 Å². The number of carbonyl (C=O) groups excluding carboxylic acids is 1. The Hall–Kier alpha value is -1.65. The van der Waals surface area contributed by atoms with Crippen LogP contribution in [0, 0.1) is 0 Å². The first-order valence-corrected chi connectivity index (χ1v) is 5.08. The van der Waals surface area contributed by atoms with Crippen molar-refractivity contribution in [2.75, 3.05) is 7.11 Å². The van der Waals surface area contributed by atoms with Crippen LogP contribution in [-0.4, -0.2) is 28.6 Å². The maximum absolute atomic E-state index is 11.1. The molecule has 0 amide bonds. The Morgan fingerprint density at radius 1 is 1.38 bits per heavy atom. The summed E-state index contributed by atoms with van der Waals surface area (Å²) < 4.78 is 10.1. The fourth-order valence-corrected chi connectivity index (χ4v) is 0.934. The third-order valence-corrected chi connectivity index (χ3v) is 2.25. The zero-order valence-electron chi connectivity index (χ0n) is 9.98. The minimum absolute atomic E-state index is 0.171. The molecule has 0 radical (unpaired) electrons. The van der Waals surface area contributed by atoms with Gasteiger partial charge in [0.25, 0.3) is 0 Å². The van der Waals surface area contributed by atoms with Crippen LogP contribution >= 0.6 is 0 Å². The second-order valence-electron chi connectivity index (χ2n) is 3.95. The molecule has 0 fully saturated rings. The first-order valence-electron chi connectivity index (χ1n) is 5.08. The van der Waals surface area contributed by atoms with Gasteiger partial charge in [0.1, 0.15) is 5.60 Å². The largest absolute Gasteiger partial charge is 0.471 e. The van der Waals surface area contributed by atoms with Crippen LogP contribution in [0.1, 0.15) is 37.7 Å². The third-order valence-electron chi connectivity index (χ3n) is 2.25. The number of hydrogen-bond donors (Lipinski definition) is 0. The molecule has 1 aromatic rings. The van der Waals surface area contributed by atoms with Crippen LogP contribution < -0.4 is 4.74 Å². The first-order chi connectivity index (χ1) is 7.48. The Bertz CT molecular complexity index is 360. The van der Waals surface area contributed by atoms with Crippen LogP contribution in [0.15, 0.2) is 12.4 Å². The van der Waals surface area contributed by atoms with Gasteiger partial charge in [-0.2, -0.15) is 0 Å². The summed E-state index contributed by atoms with van der Waals surface area (Å²) in [6.07, 6.45) is 3.62.